The zero-order valence-electron chi connectivity index (χ0n) is 9.16. The molecular weight excluding hydrogens is 189 g/mol. The number of rotatable bonds is 7. The topological polar surface area (TPSA) is 0 Å². The quantitative estimate of drug-likeness (QED) is 0.522. The van der Waals surface area contributed by atoms with Gasteiger partial charge in [0.1, 0.15) is 0 Å². The zero-order valence-corrected chi connectivity index (χ0v) is 9.16. The van der Waals surface area contributed by atoms with Crippen LogP contribution in [0.4, 0.5) is 13.2 Å². The molecule has 0 aliphatic heterocycles. The van der Waals surface area contributed by atoms with E-state index in [1.807, 2.05) is 13.8 Å². The molecule has 0 radical (unpaired) electrons. The van der Waals surface area contributed by atoms with Gasteiger partial charge in [-0.1, -0.05) is 46.0 Å². The largest absolute Gasteiger partial charge is 0.391 e. The Morgan fingerprint density at radius 1 is 0.857 bits per heavy atom. The second-order valence-corrected chi connectivity index (χ2v) is 3.88. The van der Waals surface area contributed by atoms with E-state index >= 15 is 0 Å². The van der Waals surface area contributed by atoms with Crippen molar-refractivity contribution in [1.82, 2.24) is 0 Å². The molecule has 3 heteroatoms. The van der Waals surface area contributed by atoms with E-state index in [9.17, 15) is 13.2 Å². The van der Waals surface area contributed by atoms with Crippen molar-refractivity contribution in [2.24, 2.45) is 5.92 Å². The van der Waals surface area contributed by atoms with Crippen LogP contribution < -0.4 is 0 Å². The lowest BCUT2D eigenvalue weighted by Gasteiger charge is -2.19. The smallest absolute Gasteiger partial charge is 0.171 e. The molecule has 0 aromatic heterocycles. The normalized spacial score (nSPS) is 14.4. The van der Waals surface area contributed by atoms with Gasteiger partial charge in [-0.2, -0.15) is 13.2 Å². The molecule has 86 valence electrons. The average molecular weight is 210 g/mol. The Morgan fingerprint density at radius 3 is 1.79 bits per heavy atom. The number of unbranched alkanes of at least 4 members (excludes halogenated alkanes) is 3. The Morgan fingerprint density at radius 2 is 1.36 bits per heavy atom. The monoisotopic (exact) mass is 210 g/mol. The van der Waals surface area contributed by atoms with E-state index in [0.717, 1.165) is 19.3 Å². The predicted octanol–water partition coefficient (Wildman–Crippen LogP) is 4.94. The van der Waals surface area contributed by atoms with Crippen LogP contribution in [0.15, 0.2) is 0 Å². The molecular formula is C11H21F3. The Kier molecular flexibility index (Phi) is 7.02. The minimum absolute atomic E-state index is 0.309. The van der Waals surface area contributed by atoms with Crippen molar-refractivity contribution in [3.8, 4) is 0 Å². The first-order valence-electron chi connectivity index (χ1n) is 5.59. The highest BCUT2D eigenvalue weighted by molar-refractivity contribution is 4.67. The van der Waals surface area contributed by atoms with Crippen molar-refractivity contribution >= 4 is 0 Å². The minimum atomic E-state index is -3.98. The molecule has 0 N–H and O–H groups in total. The molecule has 0 nitrogen and oxygen atoms in total. The minimum Gasteiger partial charge on any atom is -0.171 e. The molecule has 1 unspecified atom stereocenters. The second kappa shape index (κ2) is 7.13. The van der Waals surface area contributed by atoms with Gasteiger partial charge in [-0.05, 0) is 12.8 Å². The third kappa shape index (κ3) is 6.28. The van der Waals surface area contributed by atoms with E-state index in [4.69, 9.17) is 0 Å². The number of hydrogen-bond acceptors (Lipinski definition) is 0. The molecule has 0 aliphatic carbocycles. The third-order valence-electron chi connectivity index (χ3n) is 2.53. The molecule has 0 aromatic rings. The van der Waals surface area contributed by atoms with Crippen LogP contribution in [-0.2, 0) is 0 Å². The molecule has 0 spiro atoms. The Balaban J connectivity index is 3.85. The summed E-state index contributed by atoms with van der Waals surface area (Å²) in [6, 6.07) is 0. The van der Waals surface area contributed by atoms with E-state index < -0.39 is 12.1 Å². The van der Waals surface area contributed by atoms with Gasteiger partial charge in [-0.3, -0.25) is 0 Å². The maximum absolute atomic E-state index is 12.5. The highest BCUT2D eigenvalue weighted by Gasteiger charge is 2.37. The van der Waals surface area contributed by atoms with E-state index in [2.05, 4.69) is 0 Å². The summed E-state index contributed by atoms with van der Waals surface area (Å²) < 4.78 is 37.4. The SMILES string of the molecule is CCCCCC(CCCC)C(F)(F)F. The summed E-state index contributed by atoms with van der Waals surface area (Å²) in [6.45, 7) is 3.94. The van der Waals surface area contributed by atoms with Crippen LogP contribution in [0.2, 0.25) is 0 Å². The molecule has 0 aromatic carbocycles. The van der Waals surface area contributed by atoms with Crippen molar-refractivity contribution in [2.45, 2.75) is 65.0 Å². The van der Waals surface area contributed by atoms with Gasteiger partial charge in [0.2, 0.25) is 0 Å². The number of hydrogen-bond donors (Lipinski definition) is 0. The van der Waals surface area contributed by atoms with E-state index in [-0.39, 0.29) is 0 Å². The molecule has 0 saturated carbocycles. The Labute approximate surface area is 84.9 Å². The van der Waals surface area contributed by atoms with Crippen molar-refractivity contribution in [3.63, 3.8) is 0 Å². The lowest BCUT2D eigenvalue weighted by atomic mass is 9.95. The lowest BCUT2D eigenvalue weighted by molar-refractivity contribution is -0.178. The van der Waals surface area contributed by atoms with Gasteiger partial charge < -0.3 is 0 Å². The summed E-state index contributed by atoms with van der Waals surface area (Å²) in [6.07, 6.45) is 0.794. The first kappa shape index (κ1) is 13.8. The van der Waals surface area contributed by atoms with E-state index in [1.54, 1.807) is 0 Å². The number of halogens is 3. The fourth-order valence-corrected chi connectivity index (χ4v) is 1.56. The molecule has 0 bridgehead atoms. The molecule has 0 saturated heterocycles. The summed E-state index contributed by atoms with van der Waals surface area (Å²) in [4.78, 5) is 0. The van der Waals surface area contributed by atoms with Crippen molar-refractivity contribution in [2.75, 3.05) is 0 Å². The van der Waals surface area contributed by atoms with Crippen LogP contribution in [0, 0.1) is 5.92 Å². The van der Waals surface area contributed by atoms with E-state index in [1.165, 1.54) is 0 Å². The Bertz CT molecular complexity index is 129. The maximum Gasteiger partial charge on any atom is 0.391 e. The summed E-state index contributed by atoms with van der Waals surface area (Å²) in [5, 5.41) is 0. The first-order chi connectivity index (χ1) is 6.52. The molecule has 14 heavy (non-hydrogen) atoms. The van der Waals surface area contributed by atoms with Gasteiger partial charge in [-0.25, -0.2) is 0 Å². The van der Waals surface area contributed by atoms with Gasteiger partial charge in [0.05, 0.1) is 5.92 Å². The predicted molar refractivity (Wildman–Crippen MR) is 53.2 cm³/mol. The first-order valence-corrected chi connectivity index (χ1v) is 5.59. The van der Waals surface area contributed by atoms with Crippen molar-refractivity contribution in [3.05, 3.63) is 0 Å². The lowest BCUT2D eigenvalue weighted by Crippen LogP contribution is -2.22. The number of alkyl halides is 3. The van der Waals surface area contributed by atoms with Crippen LogP contribution in [0.25, 0.3) is 0 Å². The van der Waals surface area contributed by atoms with Crippen LogP contribution in [0.3, 0.4) is 0 Å². The van der Waals surface area contributed by atoms with E-state index in [0.29, 0.717) is 25.7 Å². The standard InChI is InChI=1S/C11H21F3/c1-3-5-7-9-10(8-6-4-2)11(12,13)14/h10H,3-9H2,1-2H3. The molecule has 1 atom stereocenters. The van der Waals surface area contributed by atoms with Gasteiger partial charge in [0.25, 0.3) is 0 Å². The zero-order chi connectivity index (χ0) is 11.0. The molecule has 0 fully saturated rings. The third-order valence-corrected chi connectivity index (χ3v) is 2.53. The van der Waals surface area contributed by atoms with Crippen LogP contribution in [0.1, 0.15) is 58.8 Å². The summed E-state index contributed by atoms with van der Waals surface area (Å²) in [7, 11) is 0. The second-order valence-electron chi connectivity index (χ2n) is 3.88. The van der Waals surface area contributed by atoms with Gasteiger partial charge in [0, 0.05) is 0 Å². The fourth-order valence-electron chi connectivity index (χ4n) is 1.56. The van der Waals surface area contributed by atoms with Crippen LogP contribution >= 0.6 is 0 Å². The molecule has 0 rings (SSSR count). The Hall–Kier alpha value is -0.210. The summed E-state index contributed by atoms with van der Waals surface area (Å²) in [5.74, 6) is -1.06. The van der Waals surface area contributed by atoms with Crippen LogP contribution in [-0.4, -0.2) is 6.18 Å². The fraction of sp³-hybridized carbons (Fsp3) is 1.00. The highest BCUT2D eigenvalue weighted by Crippen LogP contribution is 2.34. The average Bonchev–Trinajstić information content (AvgIpc) is 2.09. The molecule has 0 heterocycles. The van der Waals surface area contributed by atoms with Crippen molar-refractivity contribution in [1.29, 1.82) is 0 Å². The van der Waals surface area contributed by atoms with Gasteiger partial charge >= 0.3 is 6.18 Å². The molecule has 0 aliphatic rings. The van der Waals surface area contributed by atoms with Crippen molar-refractivity contribution < 1.29 is 13.2 Å². The summed E-state index contributed by atoms with van der Waals surface area (Å²) in [5.41, 5.74) is 0. The molecule has 0 amide bonds. The summed E-state index contributed by atoms with van der Waals surface area (Å²) >= 11 is 0. The van der Waals surface area contributed by atoms with Gasteiger partial charge in [-0.15, -0.1) is 0 Å². The van der Waals surface area contributed by atoms with Crippen LogP contribution in [0.5, 0.6) is 0 Å². The highest BCUT2D eigenvalue weighted by atomic mass is 19.4. The maximum atomic E-state index is 12.5. The van der Waals surface area contributed by atoms with Gasteiger partial charge in [0.15, 0.2) is 0 Å².